The second-order valence-electron chi connectivity index (χ2n) is 11.7. The van der Waals surface area contributed by atoms with Crippen LogP contribution in [0.5, 0.6) is 17.2 Å². The SMILES string of the molecule is CC(C)(C)c1ccc(O)c(CN2CCNC(=O)COc3cccc4c3C(=O)c3c(cccc3C4=O)OCC(=O)NCC2)c1. The summed E-state index contributed by atoms with van der Waals surface area (Å²) in [6.45, 7) is 7.42. The van der Waals surface area contributed by atoms with Crippen LogP contribution in [0.1, 0.15) is 63.7 Å². The number of ketones is 2. The minimum absolute atomic E-state index is 0.0536. The van der Waals surface area contributed by atoms with E-state index in [-0.39, 0.29) is 77.0 Å². The molecule has 1 aliphatic heterocycles. The standard InChI is InChI=1S/C33H35N3O7/c1-33(2,3)21-10-11-24(37)20(16-21)17-36-14-12-34-27(38)18-42-25-8-4-6-22-29(25)32(41)30-23(31(22)40)7-5-9-26(30)43-19-28(39)35-13-15-36/h4-11,16,37H,12-15,17-19H2,1-3H3,(H,34,38)(H,35,39). The molecule has 10 heteroatoms. The Morgan fingerprint density at radius 3 is 1.81 bits per heavy atom. The van der Waals surface area contributed by atoms with Crippen LogP contribution in [-0.4, -0.2) is 72.8 Å². The summed E-state index contributed by atoms with van der Waals surface area (Å²) in [7, 11) is 0. The molecule has 0 radical (unpaired) electrons. The zero-order valence-corrected chi connectivity index (χ0v) is 24.5. The molecule has 3 aromatic carbocycles. The second-order valence-corrected chi connectivity index (χ2v) is 11.7. The van der Waals surface area contributed by atoms with Crippen molar-refractivity contribution in [2.45, 2.75) is 32.7 Å². The van der Waals surface area contributed by atoms with Gasteiger partial charge in [-0.2, -0.15) is 0 Å². The number of phenolic OH excluding ortho intramolecular Hbond substituents is 1. The van der Waals surface area contributed by atoms with E-state index in [0.29, 0.717) is 19.6 Å². The number of benzene rings is 3. The summed E-state index contributed by atoms with van der Waals surface area (Å²) < 4.78 is 11.5. The molecule has 3 N–H and O–H groups in total. The summed E-state index contributed by atoms with van der Waals surface area (Å²) in [4.78, 5) is 54.4. The molecule has 0 fully saturated rings. The van der Waals surface area contributed by atoms with Gasteiger partial charge in [-0.25, -0.2) is 0 Å². The van der Waals surface area contributed by atoms with Crippen LogP contribution in [0, 0.1) is 0 Å². The minimum atomic E-state index is -0.479. The molecule has 1 heterocycles. The predicted molar refractivity (Wildman–Crippen MR) is 159 cm³/mol. The van der Waals surface area contributed by atoms with Crippen molar-refractivity contribution >= 4 is 23.4 Å². The summed E-state index contributed by atoms with van der Waals surface area (Å²) in [5.41, 5.74) is 2.18. The van der Waals surface area contributed by atoms with Gasteiger partial charge in [0.25, 0.3) is 11.8 Å². The molecule has 43 heavy (non-hydrogen) atoms. The van der Waals surface area contributed by atoms with Gasteiger partial charge in [0.2, 0.25) is 5.78 Å². The molecule has 0 unspecified atom stereocenters. The first-order valence-electron chi connectivity index (χ1n) is 14.2. The number of amides is 2. The number of nitrogens with zero attached hydrogens (tertiary/aromatic N) is 1. The van der Waals surface area contributed by atoms with E-state index in [1.807, 2.05) is 17.0 Å². The van der Waals surface area contributed by atoms with Crippen LogP contribution in [0.4, 0.5) is 0 Å². The molecule has 224 valence electrons. The molecule has 5 rings (SSSR count). The van der Waals surface area contributed by atoms with E-state index in [0.717, 1.165) is 11.1 Å². The van der Waals surface area contributed by atoms with Crippen LogP contribution in [0.3, 0.4) is 0 Å². The van der Waals surface area contributed by atoms with Gasteiger partial charge in [0.05, 0.1) is 11.1 Å². The molecule has 0 spiro atoms. The largest absolute Gasteiger partial charge is 0.508 e. The molecule has 0 saturated heterocycles. The van der Waals surface area contributed by atoms with Crippen molar-refractivity contribution in [2.75, 3.05) is 39.4 Å². The van der Waals surface area contributed by atoms with Crippen LogP contribution < -0.4 is 20.1 Å². The number of carbonyl (C=O) groups excluding carboxylic acids is 4. The number of rotatable bonds is 2. The predicted octanol–water partition coefficient (Wildman–Crippen LogP) is 2.97. The lowest BCUT2D eigenvalue weighted by molar-refractivity contribution is -0.123. The van der Waals surface area contributed by atoms with E-state index in [1.54, 1.807) is 30.3 Å². The maximum absolute atomic E-state index is 13.6. The lowest BCUT2D eigenvalue weighted by atomic mass is 9.83. The van der Waals surface area contributed by atoms with Crippen LogP contribution in [-0.2, 0) is 21.5 Å². The summed E-state index contributed by atoms with van der Waals surface area (Å²) in [6, 6.07) is 14.9. The number of phenols is 1. The molecule has 0 saturated carbocycles. The monoisotopic (exact) mass is 585 g/mol. The summed E-state index contributed by atoms with van der Waals surface area (Å²) in [5.74, 6) is -1.25. The van der Waals surface area contributed by atoms with Gasteiger partial charge < -0.3 is 25.2 Å². The highest BCUT2D eigenvalue weighted by Crippen LogP contribution is 2.37. The first kappa shape index (κ1) is 29.8. The van der Waals surface area contributed by atoms with E-state index in [9.17, 15) is 24.3 Å². The number of aromatic hydroxyl groups is 1. The van der Waals surface area contributed by atoms with Gasteiger partial charge in [0, 0.05) is 49.4 Å². The lowest BCUT2D eigenvalue weighted by Gasteiger charge is -2.25. The highest BCUT2D eigenvalue weighted by atomic mass is 16.5. The Hall–Kier alpha value is -4.70. The van der Waals surface area contributed by atoms with Crippen molar-refractivity contribution in [3.05, 3.63) is 88.0 Å². The second kappa shape index (κ2) is 12.3. The smallest absolute Gasteiger partial charge is 0.257 e. The van der Waals surface area contributed by atoms with E-state index in [4.69, 9.17) is 9.47 Å². The fraction of sp³-hybridized carbons (Fsp3) is 0.333. The number of ether oxygens (including phenoxy) is 2. The van der Waals surface area contributed by atoms with Crippen LogP contribution in [0.25, 0.3) is 0 Å². The third-order valence-electron chi connectivity index (χ3n) is 7.55. The third kappa shape index (κ3) is 6.54. The fourth-order valence-corrected chi connectivity index (χ4v) is 5.20. The van der Waals surface area contributed by atoms with Gasteiger partial charge in [-0.05, 0) is 29.2 Å². The summed E-state index contributed by atoms with van der Waals surface area (Å²) >= 11 is 0. The average Bonchev–Trinajstić information content (AvgIpc) is 2.97. The summed E-state index contributed by atoms with van der Waals surface area (Å²) in [5, 5.41) is 16.2. The zero-order valence-electron chi connectivity index (χ0n) is 24.5. The molecule has 2 aliphatic rings. The minimum Gasteiger partial charge on any atom is -0.508 e. The van der Waals surface area contributed by atoms with Crippen molar-refractivity contribution in [1.29, 1.82) is 0 Å². The molecule has 0 aromatic heterocycles. The maximum Gasteiger partial charge on any atom is 0.257 e. The molecule has 3 aromatic rings. The van der Waals surface area contributed by atoms with Gasteiger partial charge >= 0.3 is 0 Å². The Kier molecular flexibility index (Phi) is 8.50. The summed E-state index contributed by atoms with van der Waals surface area (Å²) in [6.07, 6.45) is 0. The molecular formula is C33H35N3O7. The van der Waals surface area contributed by atoms with E-state index >= 15 is 0 Å². The number of hydrogen-bond donors (Lipinski definition) is 3. The average molecular weight is 586 g/mol. The van der Waals surface area contributed by atoms with Crippen LogP contribution >= 0.6 is 0 Å². The molecule has 2 bridgehead atoms. The van der Waals surface area contributed by atoms with Gasteiger partial charge in [-0.15, -0.1) is 0 Å². The Morgan fingerprint density at radius 2 is 1.30 bits per heavy atom. The molecule has 2 amide bonds. The quantitative estimate of drug-likeness (QED) is 0.327. The van der Waals surface area contributed by atoms with Crippen LogP contribution in [0.2, 0.25) is 0 Å². The van der Waals surface area contributed by atoms with Crippen molar-refractivity contribution in [2.24, 2.45) is 0 Å². The normalized spacial score (nSPS) is 16.7. The Balaban J connectivity index is 1.39. The van der Waals surface area contributed by atoms with Gasteiger partial charge in [0.15, 0.2) is 19.0 Å². The first-order valence-corrected chi connectivity index (χ1v) is 14.2. The van der Waals surface area contributed by atoms with Gasteiger partial charge in [0.1, 0.15) is 17.2 Å². The van der Waals surface area contributed by atoms with Gasteiger partial charge in [-0.3, -0.25) is 24.1 Å². The van der Waals surface area contributed by atoms with E-state index < -0.39 is 17.6 Å². The van der Waals surface area contributed by atoms with Crippen molar-refractivity contribution in [3.63, 3.8) is 0 Å². The molecule has 0 atom stereocenters. The Bertz CT molecular complexity index is 1510. The maximum atomic E-state index is 13.6. The van der Waals surface area contributed by atoms with Crippen LogP contribution in [0.15, 0.2) is 54.6 Å². The Labute approximate surface area is 250 Å². The zero-order chi connectivity index (χ0) is 30.7. The topological polar surface area (TPSA) is 134 Å². The Morgan fingerprint density at radius 1 is 0.767 bits per heavy atom. The first-order chi connectivity index (χ1) is 20.5. The highest BCUT2D eigenvalue weighted by Gasteiger charge is 2.35. The molecule has 1 aliphatic carbocycles. The van der Waals surface area contributed by atoms with Crippen molar-refractivity contribution in [3.8, 4) is 17.2 Å². The number of nitrogens with one attached hydrogen (secondary N) is 2. The van der Waals surface area contributed by atoms with E-state index in [1.165, 1.54) is 12.1 Å². The molecule has 10 nitrogen and oxygen atoms in total. The molecular weight excluding hydrogens is 550 g/mol. The number of hydrogen-bond acceptors (Lipinski definition) is 8. The lowest BCUT2D eigenvalue weighted by Crippen LogP contribution is -2.41. The number of carbonyl (C=O) groups is 4. The van der Waals surface area contributed by atoms with E-state index in [2.05, 4.69) is 31.4 Å². The third-order valence-corrected chi connectivity index (χ3v) is 7.55. The van der Waals surface area contributed by atoms with Crippen molar-refractivity contribution < 1.29 is 33.8 Å². The van der Waals surface area contributed by atoms with Crippen molar-refractivity contribution in [1.82, 2.24) is 15.5 Å². The van der Waals surface area contributed by atoms with Gasteiger partial charge in [-0.1, -0.05) is 57.2 Å². The highest BCUT2D eigenvalue weighted by molar-refractivity contribution is 6.30. The fourth-order valence-electron chi connectivity index (χ4n) is 5.20.